The maximum Gasteiger partial charge on any atom is 0.303 e. The van der Waals surface area contributed by atoms with Gasteiger partial charge >= 0.3 is 5.97 Å². The topological polar surface area (TPSA) is 98.0 Å². The summed E-state index contributed by atoms with van der Waals surface area (Å²) in [5, 5.41) is 31.1. The van der Waals surface area contributed by atoms with Crippen molar-refractivity contribution < 1.29 is 51.4 Å². The molecule has 0 heterocycles. The third kappa shape index (κ3) is 79.4. The molecule has 0 aromatic carbocycles. The Hall–Kier alpha value is 0.233. The van der Waals surface area contributed by atoms with Crippen molar-refractivity contribution in [2.45, 2.75) is 91.9 Å². The molecule has 148 valence electrons. The second-order valence-corrected chi connectivity index (χ2v) is 4.92. The van der Waals surface area contributed by atoms with Crippen LogP contribution in [0.2, 0.25) is 0 Å². The van der Waals surface area contributed by atoms with Gasteiger partial charge in [-0.15, -0.1) is 0 Å². The first-order chi connectivity index (χ1) is 11.0. The Bertz CT molecular complexity index is 176. The predicted octanol–water partition coefficient (Wildman–Crippen LogP) is 3.99. The number of unbranched alkanes of at least 4 members (excludes halogenated alkanes) is 8. The molecule has 0 amide bonds. The molecular formula is C18H42O5Zr. The maximum atomic E-state index is 10.2. The molecule has 0 aliphatic heterocycles. The summed E-state index contributed by atoms with van der Waals surface area (Å²) in [6, 6.07) is 0. The zero-order valence-electron chi connectivity index (χ0n) is 16.4. The Kier molecular flexibility index (Phi) is 64.2. The van der Waals surface area contributed by atoms with Crippen molar-refractivity contribution in [1.29, 1.82) is 0 Å². The molecule has 0 saturated carbocycles. The van der Waals surface area contributed by atoms with E-state index in [1.165, 1.54) is 44.9 Å². The third-order valence-electron chi connectivity index (χ3n) is 2.49. The Labute approximate surface area is 169 Å². The normalized spacial score (nSPS) is 8.29. The van der Waals surface area contributed by atoms with Crippen LogP contribution in [0.25, 0.3) is 0 Å². The Morgan fingerprint density at radius 1 is 0.625 bits per heavy atom. The fraction of sp³-hybridized carbons (Fsp3) is 0.944. The van der Waals surface area contributed by atoms with Gasteiger partial charge in [0.2, 0.25) is 0 Å². The Balaban J connectivity index is -0.000000100. The van der Waals surface area contributed by atoms with E-state index in [9.17, 15) is 4.79 Å². The second-order valence-electron chi connectivity index (χ2n) is 4.92. The van der Waals surface area contributed by atoms with E-state index in [0.717, 1.165) is 12.8 Å². The maximum absolute atomic E-state index is 10.2. The number of carbonyl (C=O) groups is 1. The first-order valence-electron chi connectivity index (χ1n) is 9.06. The second kappa shape index (κ2) is 43.6. The molecule has 5 nitrogen and oxygen atoms in total. The zero-order valence-corrected chi connectivity index (χ0v) is 18.8. The SMILES string of the molecule is CCCCCCCCCCCC(=O)O.CCO.CCO.CCO.[Zr]. The molecule has 0 atom stereocenters. The van der Waals surface area contributed by atoms with Gasteiger partial charge in [-0.05, 0) is 27.2 Å². The van der Waals surface area contributed by atoms with Crippen LogP contribution in [0, 0.1) is 0 Å². The van der Waals surface area contributed by atoms with Crippen LogP contribution in [0.15, 0.2) is 0 Å². The van der Waals surface area contributed by atoms with Crippen LogP contribution < -0.4 is 0 Å². The van der Waals surface area contributed by atoms with E-state index in [0.29, 0.717) is 6.42 Å². The molecule has 0 bridgehead atoms. The smallest absolute Gasteiger partial charge is 0.303 e. The first-order valence-corrected chi connectivity index (χ1v) is 9.06. The monoisotopic (exact) mass is 428 g/mol. The zero-order chi connectivity index (χ0) is 18.8. The minimum absolute atomic E-state index is 0. The predicted molar refractivity (Wildman–Crippen MR) is 97.8 cm³/mol. The van der Waals surface area contributed by atoms with Gasteiger partial charge in [0.1, 0.15) is 0 Å². The molecule has 4 N–H and O–H groups in total. The van der Waals surface area contributed by atoms with Gasteiger partial charge < -0.3 is 20.4 Å². The molecule has 0 aliphatic carbocycles. The van der Waals surface area contributed by atoms with Crippen molar-refractivity contribution in [2.75, 3.05) is 19.8 Å². The minimum atomic E-state index is -0.659. The largest absolute Gasteiger partial charge is 0.481 e. The Morgan fingerprint density at radius 3 is 1.12 bits per heavy atom. The molecule has 0 saturated heterocycles. The molecule has 0 aliphatic rings. The van der Waals surface area contributed by atoms with Crippen molar-refractivity contribution in [3.8, 4) is 0 Å². The number of aliphatic hydroxyl groups is 3. The number of rotatable bonds is 10. The first kappa shape index (κ1) is 35.4. The van der Waals surface area contributed by atoms with E-state index in [4.69, 9.17) is 20.4 Å². The summed E-state index contributed by atoms with van der Waals surface area (Å²) in [7, 11) is 0. The van der Waals surface area contributed by atoms with Crippen molar-refractivity contribution >= 4 is 5.97 Å². The summed E-state index contributed by atoms with van der Waals surface area (Å²) in [6.07, 6.45) is 11.5. The van der Waals surface area contributed by atoms with E-state index in [2.05, 4.69) is 6.92 Å². The molecule has 0 aromatic rings. The molecule has 0 radical (unpaired) electrons. The van der Waals surface area contributed by atoms with Crippen molar-refractivity contribution in [1.82, 2.24) is 0 Å². The van der Waals surface area contributed by atoms with Crippen molar-refractivity contribution in [3.05, 3.63) is 0 Å². The molecule has 0 fully saturated rings. The number of carboxylic acids is 1. The number of carboxylic acid groups (broad SMARTS) is 1. The van der Waals surface area contributed by atoms with Crippen LogP contribution in [-0.2, 0) is 31.0 Å². The molecule has 24 heavy (non-hydrogen) atoms. The van der Waals surface area contributed by atoms with Gasteiger partial charge in [-0.1, -0.05) is 58.3 Å². The Morgan fingerprint density at radius 2 is 0.875 bits per heavy atom. The summed E-state index contributed by atoms with van der Waals surface area (Å²) >= 11 is 0. The average Bonchev–Trinajstić information content (AvgIpc) is 2.48. The fourth-order valence-corrected chi connectivity index (χ4v) is 1.59. The third-order valence-corrected chi connectivity index (χ3v) is 2.49. The van der Waals surface area contributed by atoms with Crippen LogP contribution >= 0.6 is 0 Å². The van der Waals surface area contributed by atoms with E-state index in [1.807, 2.05) is 0 Å². The fourth-order valence-electron chi connectivity index (χ4n) is 1.59. The summed E-state index contributed by atoms with van der Waals surface area (Å²) in [5.74, 6) is -0.659. The van der Waals surface area contributed by atoms with Gasteiger partial charge in [-0.3, -0.25) is 4.79 Å². The molecule has 0 aromatic heterocycles. The van der Waals surface area contributed by atoms with E-state index in [-0.39, 0.29) is 46.0 Å². The molecular weight excluding hydrogens is 387 g/mol. The summed E-state index contributed by atoms with van der Waals surface area (Å²) in [6.45, 7) is 8.02. The van der Waals surface area contributed by atoms with Gasteiger partial charge in [0.25, 0.3) is 0 Å². The number of hydrogen-bond acceptors (Lipinski definition) is 4. The number of hydrogen-bond donors (Lipinski definition) is 4. The van der Waals surface area contributed by atoms with Crippen LogP contribution in [0.3, 0.4) is 0 Å². The van der Waals surface area contributed by atoms with E-state index >= 15 is 0 Å². The van der Waals surface area contributed by atoms with Crippen molar-refractivity contribution in [3.63, 3.8) is 0 Å². The summed E-state index contributed by atoms with van der Waals surface area (Å²) in [5.41, 5.74) is 0. The van der Waals surface area contributed by atoms with Gasteiger partial charge in [-0.2, -0.15) is 0 Å². The van der Waals surface area contributed by atoms with Gasteiger partial charge in [-0.25, -0.2) is 0 Å². The van der Waals surface area contributed by atoms with Crippen molar-refractivity contribution in [2.24, 2.45) is 0 Å². The quantitative estimate of drug-likeness (QED) is 0.394. The standard InChI is InChI=1S/C12H24O2.3C2H6O.Zr/c1-2-3-4-5-6-7-8-9-10-11-12(13)14;3*1-2-3;/h2-11H2,1H3,(H,13,14);3*3H,2H2,1H3;. The molecule has 0 rings (SSSR count). The van der Waals surface area contributed by atoms with Gasteiger partial charge in [0, 0.05) is 52.4 Å². The van der Waals surface area contributed by atoms with E-state index in [1.54, 1.807) is 20.8 Å². The molecule has 0 unspecified atom stereocenters. The summed E-state index contributed by atoms with van der Waals surface area (Å²) < 4.78 is 0. The number of aliphatic hydroxyl groups excluding tert-OH is 3. The van der Waals surface area contributed by atoms with Gasteiger partial charge in [0.05, 0.1) is 0 Å². The van der Waals surface area contributed by atoms with Crippen LogP contribution in [0.4, 0.5) is 0 Å². The summed E-state index contributed by atoms with van der Waals surface area (Å²) in [4.78, 5) is 10.2. The molecule has 6 heteroatoms. The van der Waals surface area contributed by atoms with Gasteiger partial charge in [0.15, 0.2) is 0 Å². The van der Waals surface area contributed by atoms with Crippen LogP contribution in [0.1, 0.15) is 91.9 Å². The average molecular weight is 430 g/mol. The van der Waals surface area contributed by atoms with Crippen LogP contribution in [0.5, 0.6) is 0 Å². The molecule has 0 spiro atoms. The van der Waals surface area contributed by atoms with Crippen LogP contribution in [-0.4, -0.2) is 46.2 Å². The minimum Gasteiger partial charge on any atom is -0.481 e. The van der Waals surface area contributed by atoms with E-state index < -0.39 is 5.97 Å². The number of aliphatic carboxylic acids is 1.